The number of carbonyl (C=O) groups is 1. The van der Waals surface area contributed by atoms with E-state index in [1.165, 1.54) is 11.3 Å². The highest BCUT2D eigenvalue weighted by Gasteiger charge is 2.01. The summed E-state index contributed by atoms with van der Waals surface area (Å²) in [4.78, 5) is 14.5. The molecule has 17 heavy (non-hydrogen) atoms. The van der Waals surface area contributed by atoms with Crippen LogP contribution in [0.5, 0.6) is 0 Å². The van der Waals surface area contributed by atoms with Crippen molar-refractivity contribution in [1.29, 1.82) is 0 Å². The van der Waals surface area contributed by atoms with Crippen LogP contribution >= 0.6 is 11.3 Å². The first-order valence-electron chi connectivity index (χ1n) is 4.87. The van der Waals surface area contributed by atoms with Crippen molar-refractivity contribution < 1.29 is 9.90 Å². The Morgan fingerprint density at radius 1 is 1.35 bits per heavy atom. The van der Waals surface area contributed by atoms with Crippen LogP contribution in [0.1, 0.15) is 5.56 Å². The van der Waals surface area contributed by atoms with Gasteiger partial charge in [-0.15, -0.1) is 11.3 Å². The van der Waals surface area contributed by atoms with E-state index in [0.717, 1.165) is 22.9 Å². The lowest BCUT2D eigenvalue weighted by Gasteiger charge is -1.97. The van der Waals surface area contributed by atoms with E-state index < -0.39 is 5.97 Å². The summed E-state index contributed by atoms with van der Waals surface area (Å²) >= 11 is 1.39. The Balaban J connectivity index is 2.21. The van der Waals surface area contributed by atoms with Crippen LogP contribution in [-0.2, 0) is 4.79 Å². The second-order valence-corrected chi connectivity index (χ2v) is 4.25. The number of carboxylic acids is 1. The SMILES string of the molecule is Nc1nc(-c2ccc(C=CC(=O)O)cc2)cs1. The van der Waals surface area contributed by atoms with Crippen molar-refractivity contribution in [3.63, 3.8) is 0 Å². The second-order valence-electron chi connectivity index (χ2n) is 3.36. The van der Waals surface area contributed by atoms with Gasteiger partial charge in [-0.1, -0.05) is 24.3 Å². The average Bonchev–Trinajstić information content (AvgIpc) is 2.74. The molecule has 0 aliphatic rings. The summed E-state index contributed by atoms with van der Waals surface area (Å²) in [5.74, 6) is -0.957. The zero-order valence-electron chi connectivity index (χ0n) is 8.83. The van der Waals surface area contributed by atoms with E-state index in [9.17, 15) is 4.79 Å². The maximum absolute atomic E-state index is 10.4. The number of aliphatic carboxylic acids is 1. The van der Waals surface area contributed by atoms with Crippen LogP contribution in [0.15, 0.2) is 35.7 Å². The van der Waals surface area contributed by atoms with Crippen molar-refractivity contribution in [1.82, 2.24) is 4.98 Å². The monoisotopic (exact) mass is 246 g/mol. The fourth-order valence-corrected chi connectivity index (χ4v) is 1.92. The number of rotatable bonds is 3. The number of nitrogen functional groups attached to an aromatic ring is 1. The molecule has 4 nitrogen and oxygen atoms in total. The number of nitrogens with two attached hydrogens (primary N) is 1. The van der Waals surface area contributed by atoms with Crippen molar-refractivity contribution in [3.8, 4) is 11.3 Å². The van der Waals surface area contributed by atoms with Gasteiger partial charge < -0.3 is 10.8 Å². The molecule has 0 amide bonds. The lowest BCUT2D eigenvalue weighted by Crippen LogP contribution is -1.86. The molecule has 2 rings (SSSR count). The molecule has 0 bridgehead atoms. The van der Waals surface area contributed by atoms with Crippen LogP contribution in [-0.4, -0.2) is 16.1 Å². The molecule has 1 heterocycles. The van der Waals surface area contributed by atoms with Gasteiger partial charge >= 0.3 is 5.97 Å². The van der Waals surface area contributed by atoms with E-state index in [2.05, 4.69) is 4.98 Å². The smallest absolute Gasteiger partial charge is 0.328 e. The summed E-state index contributed by atoms with van der Waals surface area (Å²) in [5.41, 5.74) is 8.19. The van der Waals surface area contributed by atoms with Crippen LogP contribution in [0.25, 0.3) is 17.3 Å². The Labute approximate surface area is 102 Å². The first-order valence-corrected chi connectivity index (χ1v) is 5.75. The first kappa shape index (κ1) is 11.3. The summed E-state index contributed by atoms with van der Waals surface area (Å²) < 4.78 is 0. The highest BCUT2D eigenvalue weighted by Crippen LogP contribution is 2.23. The number of nitrogens with zero attached hydrogens (tertiary/aromatic N) is 1. The lowest BCUT2D eigenvalue weighted by atomic mass is 10.1. The minimum atomic E-state index is -0.957. The standard InChI is InChI=1S/C12H10N2O2S/c13-12-14-10(7-17-12)9-4-1-8(2-5-9)3-6-11(15)16/h1-7H,(H2,13,14)(H,15,16). The summed E-state index contributed by atoms with van der Waals surface area (Å²) in [6, 6.07) is 7.45. The number of hydrogen-bond donors (Lipinski definition) is 2. The van der Waals surface area contributed by atoms with Gasteiger partial charge in [0.15, 0.2) is 5.13 Å². The van der Waals surface area contributed by atoms with Crippen molar-refractivity contribution in [3.05, 3.63) is 41.3 Å². The molecule has 86 valence electrons. The first-order chi connectivity index (χ1) is 8.15. The van der Waals surface area contributed by atoms with Crippen LogP contribution < -0.4 is 5.73 Å². The summed E-state index contributed by atoms with van der Waals surface area (Å²) in [6.07, 6.45) is 2.65. The Bertz CT molecular complexity index is 558. The zero-order chi connectivity index (χ0) is 12.3. The van der Waals surface area contributed by atoms with E-state index in [1.807, 2.05) is 29.6 Å². The van der Waals surface area contributed by atoms with Gasteiger partial charge in [-0.25, -0.2) is 9.78 Å². The van der Waals surface area contributed by atoms with E-state index in [1.54, 1.807) is 6.08 Å². The third-order valence-corrected chi connectivity index (χ3v) is 2.82. The number of anilines is 1. The van der Waals surface area contributed by atoms with Gasteiger partial charge in [-0.05, 0) is 11.6 Å². The van der Waals surface area contributed by atoms with Crippen LogP contribution in [0.2, 0.25) is 0 Å². The average molecular weight is 246 g/mol. The lowest BCUT2D eigenvalue weighted by molar-refractivity contribution is -0.131. The quantitative estimate of drug-likeness (QED) is 0.816. The predicted molar refractivity (Wildman–Crippen MR) is 68.6 cm³/mol. The second kappa shape index (κ2) is 4.80. The minimum Gasteiger partial charge on any atom is -0.478 e. The molecule has 0 saturated heterocycles. The highest BCUT2D eigenvalue weighted by molar-refractivity contribution is 7.13. The Hall–Kier alpha value is -2.14. The molecule has 3 N–H and O–H groups in total. The van der Waals surface area contributed by atoms with Gasteiger partial charge in [-0.2, -0.15) is 0 Å². The van der Waals surface area contributed by atoms with Crippen LogP contribution in [0.4, 0.5) is 5.13 Å². The topological polar surface area (TPSA) is 76.2 Å². The molecule has 0 aliphatic carbocycles. The fourth-order valence-electron chi connectivity index (χ4n) is 1.35. The molecule has 0 atom stereocenters. The van der Waals surface area contributed by atoms with Gasteiger partial charge in [-0.3, -0.25) is 0 Å². The van der Waals surface area contributed by atoms with E-state index in [-0.39, 0.29) is 0 Å². The van der Waals surface area contributed by atoms with E-state index in [4.69, 9.17) is 10.8 Å². The van der Waals surface area contributed by atoms with Gasteiger partial charge in [0, 0.05) is 17.0 Å². The Morgan fingerprint density at radius 2 is 2.06 bits per heavy atom. The van der Waals surface area contributed by atoms with Crippen LogP contribution in [0, 0.1) is 0 Å². The molecule has 0 saturated carbocycles. The molecule has 0 unspecified atom stereocenters. The number of hydrogen-bond acceptors (Lipinski definition) is 4. The Morgan fingerprint density at radius 3 is 2.59 bits per heavy atom. The largest absolute Gasteiger partial charge is 0.478 e. The normalized spacial score (nSPS) is 10.8. The maximum atomic E-state index is 10.4. The Kier molecular flexibility index (Phi) is 3.20. The maximum Gasteiger partial charge on any atom is 0.328 e. The zero-order valence-corrected chi connectivity index (χ0v) is 9.65. The predicted octanol–water partition coefficient (Wildman–Crippen LogP) is 2.49. The molecule has 1 aromatic carbocycles. The summed E-state index contributed by atoms with van der Waals surface area (Å²) in [7, 11) is 0. The molecule has 0 fully saturated rings. The van der Waals surface area contributed by atoms with Crippen molar-refractivity contribution in [2.24, 2.45) is 0 Å². The summed E-state index contributed by atoms with van der Waals surface area (Å²) in [6.45, 7) is 0. The highest BCUT2D eigenvalue weighted by atomic mass is 32.1. The molecular formula is C12H10N2O2S. The number of thiazole rings is 1. The number of aromatic nitrogens is 1. The summed E-state index contributed by atoms with van der Waals surface area (Å²) in [5, 5.41) is 10.9. The van der Waals surface area contributed by atoms with Gasteiger partial charge in [0.05, 0.1) is 5.69 Å². The van der Waals surface area contributed by atoms with Gasteiger partial charge in [0.25, 0.3) is 0 Å². The molecule has 2 aromatic rings. The molecule has 5 heteroatoms. The third kappa shape index (κ3) is 2.92. The van der Waals surface area contributed by atoms with Crippen molar-refractivity contribution in [2.45, 2.75) is 0 Å². The fraction of sp³-hybridized carbons (Fsp3) is 0. The molecule has 0 aliphatic heterocycles. The minimum absolute atomic E-state index is 0.537. The number of carboxylic acid groups (broad SMARTS) is 1. The van der Waals surface area contributed by atoms with E-state index in [0.29, 0.717) is 5.13 Å². The molecule has 1 aromatic heterocycles. The van der Waals surface area contributed by atoms with Crippen LogP contribution in [0.3, 0.4) is 0 Å². The van der Waals surface area contributed by atoms with Gasteiger partial charge in [0.2, 0.25) is 0 Å². The molecule has 0 radical (unpaired) electrons. The molecule has 0 spiro atoms. The van der Waals surface area contributed by atoms with Crippen molar-refractivity contribution >= 4 is 28.5 Å². The van der Waals surface area contributed by atoms with Gasteiger partial charge in [0.1, 0.15) is 0 Å². The van der Waals surface area contributed by atoms with E-state index >= 15 is 0 Å². The number of benzene rings is 1. The third-order valence-electron chi connectivity index (χ3n) is 2.15. The van der Waals surface area contributed by atoms with Crippen molar-refractivity contribution in [2.75, 3.05) is 5.73 Å². The molecular weight excluding hydrogens is 236 g/mol.